The molecule has 0 bridgehead atoms. The van der Waals surface area contributed by atoms with Gasteiger partial charge in [0.15, 0.2) is 0 Å². The molecule has 1 nitrogen and oxygen atoms in total. The van der Waals surface area contributed by atoms with Gasteiger partial charge in [-0.1, -0.05) is 182 Å². The van der Waals surface area contributed by atoms with E-state index in [1.54, 1.807) is 0 Å². The average molecular weight is 744 g/mol. The van der Waals surface area contributed by atoms with Crippen LogP contribution in [-0.4, -0.2) is 0 Å². The summed E-state index contributed by atoms with van der Waals surface area (Å²) in [4.78, 5) is 2.50. The van der Waals surface area contributed by atoms with E-state index in [2.05, 4.69) is 229 Å². The number of thiophene rings is 1. The zero-order valence-electron chi connectivity index (χ0n) is 31.2. The Morgan fingerprint density at radius 2 is 0.895 bits per heavy atom. The summed E-state index contributed by atoms with van der Waals surface area (Å²) < 4.78 is 2.62. The lowest BCUT2D eigenvalue weighted by atomic mass is 9.68. The van der Waals surface area contributed by atoms with Crippen molar-refractivity contribution in [2.45, 2.75) is 5.41 Å². The number of hydrogen-bond acceptors (Lipinski definition) is 2. The molecule has 1 heterocycles. The van der Waals surface area contributed by atoms with Crippen molar-refractivity contribution in [3.8, 4) is 33.4 Å². The van der Waals surface area contributed by atoms with E-state index in [0.29, 0.717) is 0 Å². The van der Waals surface area contributed by atoms with Crippen molar-refractivity contribution in [3.63, 3.8) is 0 Å². The van der Waals surface area contributed by atoms with Crippen LogP contribution in [0.2, 0.25) is 0 Å². The number of hydrogen-bond donors (Lipinski definition) is 0. The van der Waals surface area contributed by atoms with Gasteiger partial charge in [-0.2, -0.15) is 0 Å². The van der Waals surface area contributed by atoms with Gasteiger partial charge in [-0.05, 0) is 87.0 Å². The fraction of sp³-hybridized carbons (Fsp3) is 0.0182. The number of benzene rings is 9. The molecule has 1 aliphatic rings. The summed E-state index contributed by atoms with van der Waals surface area (Å²) in [6, 6.07) is 82.6. The van der Waals surface area contributed by atoms with E-state index in [1.807, 2.05) is 11.3 Å². The molecule has 0 aliphatic heterocycles. The highest BCUT2D eigenvalue weighted by molar-refractivity contribution is 7.25. The minimum absolute atomic E-state index is 0.502. The van der Waals surface area contributed by atoms with Gasteiger partial charge in [0.1, 0.15) is 0 Å². The molecular weight excluding hydrogens is 707 g/mol. The number of fused-ring (bicyclic) bond motifs is 6. The first-order valence-electron chi connectivity index (χ1n) is 19.6. The molecule has 0 radical (unpaired) electrons. The minimum Gasteiger partial charge on any atom is -0.309 e. The zero-order valence-corrected chi connectivity index (χ0v) is 32.0. The van der Waals surface area contributed by atoms with Crippen molar-refractivity contribution in [2.24, 2.45) is 0 Å². The van der Waals surface area contributed by atoms with Crippen LogP contribution in [0.3, 0.4) is 0 Å². The first-order valence-corrected chi connectivity index (χ1v) is 20.4. The molecule has 0 N–H and O–H groups in total. The van der Waals surface area contributed by atoms with Gasteiger partial charge in [0.05, 0.1) is 16.8 Å². The Labute approximate surface area is 337 Å². The molecule has 9 aromatic carbocycles. The molecule has 1 aromatic heterocycles. The van der Waals surface area contributed by atoms with Crippen LogP contribution in [0.4, 0.5) is 17.1 Å². The number of para-hydroxylation sites is 1. The summed E-state index contributed by atoms with van der Waals surface area (Å²) >= 11 is 1.86. The van der Waals surface area contributed by atoms with Crippen LogP contribution in [0.5, 0.6) is 0 Å². The molecule has 1 aliphatic carbocycles. The highest BCUT2D eigenvalue weighted by Gasteiger charge is 2.47. The van der Waals surface area contributed by atoms with Crippen molar-refractivity contribution in [1.29, 1.82) is 0 Å². The van der Waals surface area contributed by atoms with E-state index in [9.17, 15) is 0 Å². The maximum atomic E-state index is 2.50. The van der Waals surface area contributed by atoms with E-state index in [4.69, 9.17) is 0 Å². The van der Waals surface area contributed by atoms with Gasteiger partial charge in [0.2, 0.25) is 0 Å². The predicted molar refractivity (Wildman–Crippen MR) is 242 cm³/mol. The van der Waals surface area contributed by atoms with E-state index in [0.717, 1.165) is 17.1 Å². The van der Waals surface area contributed by atoms with Gasteiger partial charge >= 0.3 is 0 Å². The van der Waals surface area contributed by atoms with Crippen LogP contribution in [0, 0.1) is 0 Å². The molecule has 0 saturated carbocycles. The highest BCUT2D eigenvalue weighted by atomic mass is 32.1. The molecule has 57 heavy (non-hydrogen) atoms. The van der Waals surface area contributed by atoms with E-state index in [-0.39, 0.29) is 0 Å². The quantitative estimate of drug-likeness (QED) is 0.157. The standard InChI is InChI=1S/C55H37NS/c1-4-17-38(18-5-1)39-31-34-43(35-32-39)56(50-28-14-11-23-44(50)40-33-36-53-47(37-40)45-24-12-15-30-52(45)57-53)51-29-16-27-49-54(51)46-25-10-13-26-48(46)55(49,41-19-6-2-7-20-41)42-21-8-3-9-22-42/h1-37H. The van der Waals surface area contributed by atoms with Crippen molar-refractivity contribution in [1.82, 2.24) is 0 Å². The lowest BCUT2D eigenvalue weighted by Crippen LogP contribution is -2.28. The molecule has 0 saturated heterocycles. The second-order valence-electron chi connectivity index (χ2n) is 14.8. The highest BCUT2D eigenvalue weighted by Crippen LogP contribution is 2.60. The summed E-state index contributed by atoms with van der Waals surface area (Å²) in [5.41, 5.74) is 15.3. The number of anilines is 3. The average Bonchev–Trinajstić information content (AvgIpc) is 3.82. The van der Waals surface area contributed by atoms with Crippen LogP contribution in [-0.2, 0) is 5.41 Å². The summed E-state index contributed by atoms with van der Waals surface area (Å²) in [5.74, 6) is 0. The first-order chi connectivity index (χ1) is 28.3. The normalized spacial score (nSPS) is 12.7. The summed E-state index contributed by atoms with van der Waals surface area (Å²) in [6.45, 7) is 0. The third-order valence-electron chi connectivity index (χ3n) is 11.8. The van der Waals surface area contributed by atoms with Crippen molar-refractivity contribution < 1.29 is 0 Å². The smallest absolute Gasteiger partial charge is 0.0714 e. The second kappa shape index (κ2) is 13.6. The molecule has 0 unspecified atom stereocenters. The van der Waals surface area contributed by atoms with Crippen LogP contribution in [0.1, 0.15) is 22.3 Å². The Morgan fingerprint density at radius 3 is 1.65 bits per heavy atom. The van der Waals surface area contributed by atoms with Gasteiger partial charge in [-0.3, -0.25) is 0 Å². The fourth-order valence-corrected chi connectivity index (χ4v) is 10.4. The molecule has 0 spiro atoms. The Kier molecular flexibility index (Phi) is 7.98. The predicted octanol–water partition coefficient (Wildman–Crippen LogP) is 15.2. The van der Waals surface area contributed by atoms with Crippen LogP contribution < -0.4 is 4.90 Å². The zero-order chi connectivity index (χ0) is 37.8. The molecule has 0 amide bonds. The largest absolute Gasteiger partial charge is 0.309 e. The Morgan fingerprint density at radius 1 is 0.351 bits per heavy atom. The Hall–Kier alpha value is -7.00. The lowest BCUT2D eigenvalue weighted by Gasteiger charge is -2.34. The summed E-state index contributed by atoms with van der Waals surface area (Å²) in [5, 5.41) is 2.60. The van der Waals surface area contributed by atoms with Crippen molar-refractivity contribution in [2.75, 3.05) is 4.90 Å². The van der Waals surface area contributed by atoms with Crippen molar-refractivity contribution in [3.05, 3.63) is 247 Å². The molecule has 0 atom stereocenters. The third-order valence-corrected chi connectivity index (χ3v) is 12.9. The Bertz CT molecular complexity index is 3020. The third kappa shape index (κ3) is 5.29. The van der Waals surface area contributed by atoms with E-state index < -0.39 is 5.41 Å². The summed E-state index contributed by atoms with van der Waals surface area (Å²) in [6.07, 6.45) is 0. The monoisotopic (exact) mass is 743 g/mol. The topological polar surface area (TPSA) is 3.24 Å². The van der Waals surface area contributed by atoms with Crippen molar-refractivity contribution >= 4 is 48.6 Å². The van der Waals surface area contributed by atoms with Crippen LogP contribution in [0.15, 0.2) is 224 Å². The van der Waals surface area contributed by atoms with Gasteiger partial charge in [0.25, 0.3) is 0 Å². The minimum atomic E-state index is -0.502. The molecule has 10 aromatic rings. The SMILES string of the molecule is c1ccc(-c2ccc(N(c3ccccc3-c3ccc4sc5ccccc5c4c3)c3cccc4c3-c3ccccc3C4(c3ccccc3)c3ccccc3)cc2)cc1. The molecular formula is C55H37NS. The molecule has 11 rings (SSSR count). The van der Waals surface area contributed by atoms with Crippen LogP contribution >= 0.6 is 11.3 Å². The summed E-state index contributed by atoms with van der Waals surface area (Å²) in [7, 11) is 0. The first kappa shape index (κ1) is 33.3. The fourth-order valence-electron chi connectivity index (χ4n) is 9.31. The van der Waals surface area contributed by atoms with E-state index in [1.165, 1.54) is 75.8 Å². The molecule has 268 valence electrons. The molecule has 0 fully saturated rings. The molecule has 2 heteroatoms. The van der Waals surface area contributed by atoms with Gasteiger partial charge in [-0.15, -0.1) is 11.3 Å². The second-order valence-corrected chi connectivity index (χ2v) is 15.9. The van der Waals surface area contributed by atoms with Crippen LogP contribution in [0.25, 0.3) is 53.6 Å². The Balaban J connectivity index is 1.19. The maximum absolute atomic E-state index is 2.50. The lowest BCUT2D eigenvalue weighted by molar-refractivity contribution is 0.768. The number of rotatable bonds is 7. The van der Waals surface area contributed by atoms with Gasteiger partial charge < -0.3 is 4.90 Å². The van der Waals surface area contributed by atoms with E-state index >= 15 is 0 Å². The van der Waals surface area contributed by atoms with Gasteiger partial charge in [-0.25, -0.2) is 0 Å². The maximum Gasteiger partial charge on any atom is 0.0714 e. The van der Waals surface area contributed by atoms with Gasteiger partial charge in [0, 0.05) is 37.0 Å². The number of nitrogens with zero attached hydrogens (tertiary/aromatic N) is 1.